The fraction of sp³-hybridized carbons (Fsp3) is 0.588. The second kappa shape index (κ2) is 14.0. The lowest BCUT2D eigenvalue weighted by Crippen LogP contribution is -2.52. The molecule has 2 amide bonds. The molecule has 10 nitrogen and oxygen atoms in total. The molecule has 0 bridgehead atoms. The summed E-state index contributed by atoms with van der Waals surface area (Å²) in [5, 5.41) is 14.3. The summed E-state index contributed by atoms with van der Waals surface area (Å²) >= 11 is 13.6. The minimum absolute atomic E-state index is 0.0465. The lowest BCUT2D eigenvalue weighted by molar-refractivity contribution is -0.129. The van der Waals surface area contributed by atoms with Crippen molar-refractivity contribution in [2.45, 2.75) is 71.4 Å². The van der Waals surface area contributed by atoms with Crippen LogP contribution in [-0.4, -0.2) is 100 Å². The highest BCUT2D eigenvalue weighted by atomic mass is 35.5. The summed E-state index contributed by atoms with van der Waals surface area (Å²) in [6.07, 6.45) is 7.15. The van der Waals surface area contributed by atoms with Crippen LogP contribution >= 0.6 is 23.2 Å². The van der Waals surface area contributed by atoms with Crippen LogP contribution in [0.3, 0.4) is 0 Å². The fourth-order valence-electron chi connectivity index (χ4n) is 7.78. The molecule has 3 aliphatic heterocycles. The van der Waals surface area contributed by atoms with Gasteiger partial charge in [-0.2, -0.15) is 5.10 Å². The predicted octanol–water partition coefficient (Wildman–Crippen LogP) is 5.64. The van der Waals surface area contributed by atoms with Gasteiger partial charge < -0.3 is 30.7 Å². The minimum atomic E-state index is -0.220. The zero-order valence-corrected chi connectivity index (χ0v) is 29.1. The van der Waals surface area contributed by atoms with E-state index in [1.807, 2.05) is 9.80 Å². The number of hydrogen-bond donors (Lipinski definition) is 2. The number of anilines is 2. The number of carbonyl (C=O) groups excluding carboxylic acids is 2. The quantitative estimate of drug-likeness (QED) is 0.224. The van der Waals surface area contributed by atoms with Crippen molar-refractivity contribution in [2.24, 2.45) is 5.92 Å². The van der Waals surface area contributed by atoms with Crippen LogP contribution < -0.4 is 10.6 Å². The zero-order valence-electron chi connectivity index (χ0n) is 27.6. The number of aromatic nitrogens is 2. The van der Waals surface area contributed by atoms with Crippen molar-refractivity contribution in [3.05, 3.63) is 40.0 Å². The Hall–Kier alpha value is -3.08. The molecule has 1 aromatic heterocycles. The van der Waals surface area contributed by atoms with Gasteiger partial charge >= 0.3 is 0 Å². The molecule has 12 heteroatoms. The average Bonchev–Trinajstić information content (AvgIpc) is 3.17. The van der Waals surface area contributed by atoms with Crippen molar-refractivity contribution in [1.82, 2.24) is 24.5 Å². The first-order valence-corrected chi connectivity index (χ1v) is 17.2. The van der Waals surface area contributed by atoms with Crippen LogP contribution in [0.1, 0.15) is 70.2 Å². The van der Waals surface area contributed by atoms with Gasteiger partial charge in [0.1, 0.15) is 0 Å². The number of nitrogen functional groups attached to an aromatic ring is 1. The molecule has 4 heterocycles. The lowest BCUT2D eigenvalue weighted by atomic mass is 9.81. The minimum Gasteiger partial charge on any atom is -0.398 e. The van der Waals surface area contributed by atoms with E-state index >= 15 is 0 Å². The summed E-state index contributed by atoms with van der Waals surface area (Å²) in [5.74, 6) is 1.44. The number of halogens is 2. The highest BCUT2D eigenvalue weighted by Gasteiger charge is 2.40. The van der Waals surface area contributed by atoms with Crippen LogP contribution in [0.25, 0.3) is 11.1 Å². The van der Waals surface area contributed by atoms with Crippen LogP contribution in [0.4, 0.5) is 11.5 Å². The third-order valence-corrected chi connectivity index (χ3v) is 11.0. The number of hydrogen-bond acceptors (Lipinski definition) is 7. The van der Waals surface area contributed by atoms with Gasteiger partial charge in [0.05, 0.1) is 16.1 Å². The SMILES string of the molecule is C=CC(=O)N1CCC(n2nc(N3CC[C@@H](CN4CCCN(C(C)=O)CC4)CC3(C)C)c(-c3c(Cl)c(Cl)cc(N)c3C=N)c2C)CC1. The lowest BCUT2D eigenvalue weighted by Gasteiger charge is -2.47. The maximum absolute atomic E-state index is 12.3. The van der Waals surface area contributed by atoms with Gasteiger partial charge in [0.25, 0.3) is 0 Å². The summed E-state index contributed by atoms with van der Waals surface area (Å²) in [4.78, 5) is 33.0. The maximum atomic E-state index is 12.3. The number of carbonyl (C=O) groups is 2. The molecule has 3 saturated heterocycles. The van der Waals surface area contributed by atoms with Crippen molar-refractivity contribution in [1.29, 1.82) is 5.41 Å². The smallest absolute Gasteiger partial charge is 0.245 e. The normalized spacial score (nSPS) is 21.3. The van der Waals surface area contributed by atoms with Crippen LogP contribution in [0.15, 0.2) is 18.7 Å². The molecule has 5 rings (SSSR count). The first-order valence-electron chi connectivity index (χ1n) is 16.4. The zero-order chi connectivity index (χ0) is 33.3. The molecule has 3 N–H and O–H groups in total. The Balaban J connectivity index is 1.48. The Labute approximate surface area is 283 Å². The maximum Gasteiger partial charge on any atom is 0.245 e. The molecular weight excluding hydrogens is 623 g/mol. The largest absolute Gasteiger partial charge is 0.398 e. The Morgan fingerprint density at radius 1 is 1.07 bits per heavy atom. The molecule has 1 atom stereocenters. The van der Waals surface area contributed by atoms with E-state index in [9.17, 15) is 9.59 Å². The Morgan fingerprint density at radius 3 is 2.41 bits per heavy atom. The number of nitrogens with two attached hydrogens (primary N) is 1. The van der Waals surface area contributed by atoms with E-state index in [2.05, 4.69) is 41.8 Å². The monoisotopic (exact) mass is 670 g/mol. The molecule has 0 radical (unpaired) electrons. The van der Waals surface area contributed by atoms with Gasteiger partial charge in [0, 0.05) is 92.6 Å². The van der Waals surface area contributed by atoms with E-state index < -0.39 is 0 Å². The average molecular weight is 672 g/mol. The number of amides is 2. The number of nitrogens with zero attached hydrogens (tertiary/aromatic N) is 6. The Kier molecular flexibility index (Phi) is 10.4. The van der Waals surface area contributed by atoms with Crippen molar-refractivity contribution >= 4 is 52.7 Å². The molecule has 1 aromatic carbocycles. The van der Waals surface area contributed by atoms with Crippen LogP contribution in [0.2, 0.25) is 10.0 Å². The predicted molar refractivity (Wildman–Crippen MR) is 187 cm³/mol. The van der Waals surface area contributed by atoms with Crippen LogP contribution in [0.5, 0.6) is 0 Å². The molecule has 0 spiro atoms. The molecule has 46 heavy (non-hydrogen) atoms. The summed E-state index contributed by atoms with van der Waals surface area (Å²) in [6.45, 7) is 18.6. The number of piperidine rings is 2. The second-order valence-electron chi connectivity index (χ2n) is 13.7. The Bertz CT molecular complexity index is 1500. The van der Waals surface area contributed by atoms with Crippen molar-refractivity contribution in [3.8, 4) is 11.1 Å². The van der Waals surface area contributed by atoms with Gasteiger partial charge in [-0.1, -0.05) is 29.8 Å². The van der Waals surface area contributed by atoms with Crippen molar-refractivity contribution in [3.63, 3.8) is 0 Å². The molecule has 3 fully saturated rings. The van der Waals surface area contributed by atoms with Gasteiger partial charge in [0.15, 0.2) is 5.82 Å². The van der Waals surface area contributed by atoms with E-state index in [0.717, 1.165) is 88.4 Å². The van der Waals surface area contributed by atoms with E-state index in [-0.39, 0.29) is 23.4 Å². The van der Waals surface area contributed by atoms with Gasteiger partial charge in [-0.15, -0.1) is 0 Å². The van der Waals surface area contributed by atoms with E-state index in [1.165, 1.54) is 12.3 Å². The third-order valence-electron chi connectivity index (χ3n) is 10.2. The molecule has 0 aliphatic carbocycles. The van der Waals surface area contributed by atoms with E-state index in [0.29, 0.717) is 45.9 Å². The van der Waals surface area contributed by atoms with E-state index in [1.54, 1.807) is 13.0 Å². The highest BCUT2D eigenvalue weighted by molar-refractivity contribution is 6.44. The van der Waals surface area contributed by atoms with Crippen LogP contribution in [-0.2, 0) is 9.59 Å². The molecule has 3 aliphatic rings. The fourth-order valence-corrected chi connectivity index (χ4v) is 8.24. The number of nitrogens with one attached hydrogen (secondary N) is 1. The standard InChI is InChI=1S/C34H48Cl2N8O2/c1-6-29(46)42-13-9-25(10-14-42)44-22(2)30(31-26(20-37)28(38)18-27(35)32(31)36)33(39-44)43-15-8-24(19-34(43,4)5)21-40-11-7-12-41(17-16-40)23(3)45/h6,18,20,24-25,37H,1,7-17,19,21,38H2,2-5H3/t24-/m1/s1. The van der Waals surface area contributed by atoms with Gasteiger partial charge in [-0.25, -0.2) is 0 Å². The number of benzene rings is 1. The molecule has 0 saturated carbocycles. The van der Waals surface area contributed by atoms with Gasteiger partial charge in [-0.05, 0) is 77.5 Å². The summed E-state index contributed by atoms with van der Waals surface area (Å²) in [6, 6.07) is 1.70. The van der Waals surface area contributed by atoms with E-state index in [4.69, 9.17) is 39.4 Å². The Morgan fingerprint density at radius 2 is 1.78 bits per heavy atom. The second-order valence-corrected chi connectivity index (χ2v) is 14.5. The summed E-state index contributed by atoms with van der Waals surface area (Å²) in [7, 11) is 0. The summed E-state index contributed by atoms with van der Waals surface area (Å²) in [5.41, 5.74) is 9.54. The molecule has 0 unspecified atom stereocenters. The first-order chi connectivity index (χ1) is 21.9. The van der Waals surface area contributed by atoms with Gasteiger partial charge in [-0.3, -0.25) is 14.3 Å². The molecule has 250 valence electrons. The third kappa shape index (κ3) is 6.80. The van der Waals surface area contributed by atoms with Gasteiger partial charge in [0.2, 0.25) is 11.8 Å². The first kappa shape index (κ1) is 34.3. The highest BCUT2D eigenvalue weighted by Crippen LogP contribution is 2.48. The number of likely N-dealkylation sites (tertiary alicyclic amines) is 1. The van der Waals surface area contributed by atoms with Crippen molar-refractivity contribution < 1.29 is 9.59 Å². The molecule has 2 aromatic rings. The molecular formula is C34H48Cl2N8O2. The number of rotatable bonds is 7. The summed E-state index contributed by atoms with van der Waals surface area (Å²) < 4.78 is 2.10. The van der Waals surface area contributed by atoms with Crippen molar-refractivity contribution in [2.75, 3.05) is 63.0 Å². The van der Waals surface area contributed by atoms with Crippen LogP contribution in [0, 0.1) is 18.3 Å². The topological polar surface area (TPSA) is 115 Å².